The van der Waals surface area contributed by atoms with Gasteiger partial charge in [0.05, 0.1) is 11.5 Å². The highest BCUT2D eigenvalue weighted by molar-refractivity contribution is 5.60. The van der Waals surface area contributed by atoms with Crippen molar-refractivity contribution in [3.63, 3.8) is 0 Å². The van der Waals surface area contributed by atoms with Gasteiger partial charge in [-0.1, -0.05) is 5.92 Å². The van der Waals surface area contributed by atoms with Crippen LogP contribution in [0, 0.1) is 39.7 Å². The molecule has 1 aromatic rings. The highest BCUT2D eigenvalue weighted by Gasteiger charge is 2.25. The minimum Gasteiger partial charge on any atom is -0.360 e. The number of terminal acetylenes is 1. The van der Waals surface area contributed by atoms with Crippen molar-refractivity contribution in [2.45, 2.75) is 12.8 Å². The molecule has 1 aromatic carbocycles. The maximum absolute atomic E-state index is 10.8. The van der Waals surface area contributed by atoms with E-state index in [0.717, 1.165) is 12.2 Å². The predicted octanol–water partition coefficient (Wildman–Crippen LogP) is 2.32. The number of anilines is 1. The summed E-state index contributed by atoms with van der Waals surface area (Å²) in [6.45, 7) is 1.28. The Morgan fingerprint density at radius 3 is 2.79 bits per heavy atom. The Labute approximate surface area is 111 Å². The van der Waals surface area contributed by atoms with Crippen molar-refractivity contribution < 1.29 is 4.92 Å². The molecule has 0 unspecified atom stereocenters. The molecule has 2 rings (SSSR count). The normalized spacial score (nSPS) is 13.4. The molecule has 5 nitrogen and oxygen atoms in total. The van der Waals surface area contributed by atoms with Crippen LogP contribution in [-0.2, 0) is 0 Å². The van der Waals surface area contributed by atoms with Crippen molar-refractivity contribution in [2.75, 3.05) is 18.0 Å². The molecule has 0 spiro atoms. The number of hydrogen-bond donors (Lipinski definition) is 0. The summed E-state index contributed by atoms with van der Waals surface area (Å²) in [5, 5.41) is 19.8. The number of nitro benzene ring substituents is 1. The van der Waals surface area contributed by atoms with Gasteiger partial charge < -0.3 is 4.90 Å². The molecule has 5 heteroatoms. The summed E-state index contributed by atoms with van der Waals surface area (Å²) in [6.07, 6.45) is 7.73. The van der Waals surface area contributed by atoms with Gasteiger partial charge in [0.25, 0.3) is 5.69 Å². The molecular formula is C14H13N3O2. The number of nitro groups is 1. The maximum Gasteiger partial charge on any atom is 0.287 e. The fourth-order valence-electron chi connectivity index (χ4n) is 1.95. The lowest BCUT2D eigenvalue weighted by Crippen LogP contribution is -2.26. The van der Waals surface area contributed by atoms with Gasteiger partial charge in [-0.15, -0.1) is 6.42 Å². The molecule has 0 aromatic heterocycles. The standard InChI is InChI=1S/C14H13N3O2/c1-2-7-16(10-11-3-4-11)13-5-6-14(17(18)19)12(8-13)9-15/h1,5-6,8,11H,3-4,7,10H2. The largest absolute Gasteiger partial charge is 0.360 e. The summed E-state index contributed by atoms with van der Waals surface area (Å²) >= 11 is 0. The molecule has 0 saturated heterocycles. The maximum atomic E-state index is 10.8. The van der Waals surface area contributed by atoms with Crippen LogP contribution in [0.5, 0.6) is 0 Å². The van der Waals surface area contributed by atoms with Gasteiger partial charge in [0.1, 0.15) is 11.6 Å². The molecule has 1 fully saturated rings. The second kappa shape index (κ2) is 5.41. The molecule has 0 heterocycles. The molecule has 0 aliphatic heterocycles. The molecule has 1 aliphatic carbocycles. The molecular weight excluding hydrogens is 242 g/mol. The van der Waals surface area contributed by atoms with Crippen molar-refractivity contribution in [1.82, 2.24) is 0 Å². The van der Waals surface area contributed by atoms with E-state index in [1.54, 1.807) is 6.07 Å². The first-order valence-corrected chi connectivity index (χ1v) is 6.02. The van der Waals surface area contributed by atoms with Crippen molar-refractivity contribution >= 4 is 11.4 Å². The SMILES string of the molecule is C#CCN(CC1CC1)c1ccc([N+](=O)[O-])c(C#N)c1. The molecule has 0 radical (unpaired) electrons. The van der Waals surface area contributed by atoms with Crippen LogP contribution in [0.3, 0.4) is 0 Å². The highest BCUT2D eigenvalue weighted by Crippen LogP contribution is 2.32. The fraction of sp³-hybridized carbons (Fsp3) is 0.357. The summed E-state index contributed by atoms with van der Waals surface area (Å²) in [5.74, 6) is 3.23. The van der Waals surface area contributed by atoms with E-state index in [4.69, 9.17) is 11.7 Å². The zero-order valence-electron chi connectivity index (χ0n) is 10.4. The summed E-state index contributed by atoms with van der Waals surface area (Å²) < 4.78 is 0. The molecule has 0 N–H and O–H groups in total. The number of benzene rings is 1. The van der Waals surface area contributed by atoms with E-state index in [-0.39, 0.29) is 11.3 Å². The van der Waals surface area contributed by atoms with Gasteiger partial charge in [-0.3, -0.25) is 10.1 Å². The van der Waals surface area contributed by atoms with Crippen molar-refractivity contribution in [3.8, 4) is 18.4 Å². The number of nitriles is 1. The van der Waals surface area contributed by atoms with Gasteiger partial charge in [0, 0.05) is 18.3 Å². The topological polar surface area (TPSA) is 70.2 Å². The minimum absolute atomic E-state index is 0.0697. The van der Waals surface area contributed by atoms with E-state index < -0.39 is 4.92 Å². The van der Waals surface area contributed by atoms with Crippen molar-refractivity contribution in [3.05, 3.63) is 33.9 Å². The van der Waals surface area contributed by atoms with E-state index >= 15 is 0 Å². The second-order valence-corrected chi connectivity index (χ2v) is 4.60. The Bertz CT molecular complexity index is 579. The van der Waals surface area contributed by atoms with E-state index in [1.807, 2.05) is 11.0 Å². The quantitative estimate of drug-likeness (QED) is 0.460. The monoisotopic (exact) mass is 255 g/mol. The van der Waals surface area contributed by atoms with E-state index in [9.17, 15) is 10.1 Å². The first kappa shape index (κ1) is 12.9. The Morgan fingerprint density at radius 2 is 2.26 bits per heavy atom. The Kier molecular flexibility index (Phi) is 3.68. The average Bonchev–Trinajstić information content (AvgIpc) is 3.21. The van der Waals surface area contributed by atoms with Crippen LogP contribution in [0.4, 0.5) is 11.4 Å². The van der Waals surface area contributed by atoms with Crippen LogP contribution in [0.15, 0.2) is 18.2 Å². The molecule has 1 aliphatic rings. The Morgan fingerprint density at radius 1 is 1.53 bits per heavy atom. The van der Waals surface area contributed by atoms with E-state index in [0.29, 0.717) is 12.5 Å². The number of nitrogens with zero attached hydrogens (tertiary/aromatic N) is 3. The van der Waals surface area contributed by atoms with Crippen LogP contribution in [0.2, 0.25) is 0 Å². The fourth-order valence-corrected chi connectivity index (χ4v) is 1.95. The zero-order valence-corrected chi connectivity index (χ0v) is 10.4. The number of hydrogen-bond acceptors (Lipinski definition) is 4. The molecule has 1 saturated carbocycles. The van der Waals surface area contributed by atoms with Crippen LogP contribution >= 0.6 is 0 Å². The first-order chi connectivity index (χ1) is 9.15. The Balaban J connectivity index is 2.29. The molecule has 19 heavy (non-hydrogen) atoms. The van der Waals surface area contributed by atoms with Crippen molar-refractivity contribution in [1.29, 1.82) is 5.26 Å². The zero-order chi connectivity index (χ0) is 13.8. The number of rotatable bonds is 5. The summed E-state index contributed by atoms with van der Waals surface area (Å²) in [5.41, 5.74) is 0.672. The lowest BCUT2D eigenvalue weighted by molar-refractivity contribution is -0.385. The molecule has 0 atom stereocenters. The van der Waals surface area contributed by atoms with Gasteiger partial charge in [0.15, 0.2) is 0 Å². The minimum atomic E-state index is -0.547. The molecule has 0 amide bonds. The van der Waals surface area contributed by atoms with Crippen LogP contribution in [0.25, 0.3) is 0 Å². The highest BCUT2D eigenvalue weighted by atomic mass is 16.6. The van der Waals surface area contributed by atoms with Crippen molar-refractivity contribution in [2.24, 2.45) is 5.92 Å². The Hall–Kier alpha value is -2.53. The molecule has 96 valence electrons. The summed E-state index contributed by atoms with van der Waals surface area (Å²) in [6, 6.07) is 6.42. The van der Waals surface area contributed by atoms with Gasteiger partial charge >= 0.3 is 0 Å². The lowest BCUT2D eigenvalue weighted by Gasteiger charge is -2.22. The van der Waals surface area contributed by atoms with Crippen LogP contribution < -0.4 is 4.90 Å². The van der Waals surface area contributed by atoms with Crippen LogP contribution in [0.1, 0.15) is 18.4 Å². The third-order valence-corrected chi connectivity index (χ3v) is 3.12. The van der Waals surface area contributed by atoms with E-state index in [2.05, 4.69) is 5.92 Å². The van der Waals surface area contributed by atoms with Gasteiger partial charge in [-0.05, 0) is 30.9 Å². The van der Waals surface area contributed by atoms with E-state index in [1.165, 1.54) is 25.0 Å². The van der Waals surface area contributed by atoms with Gasteiger partial charge in [0.2, 0.25) is 0 Å². The predicted molar refractivity (Wildman–Crippen MR) is 71.6 cm³/mol. The summed E-state index contributed by atoms with van der Waals surface area (Å²) in [7, 11) is 0. The lowest BCUT2D eigenvalue weighted by atomic mass is 10.1. The second-order valence-electron chi connectivity index (χ2n) is 4.60. The summed E-state index contributed by atoms with van der Waals surface area (Å²) in [4.78, 5) is 12.2. The third kappa shape index (κ3) is 3.02. The van der Waals surface area contributed by atoms with Gasteiger partial charge in [-0.2, -0.15) is 5.26 Å². The first-order valence-electron chi connectivity index (χ1n) is 6.02. The van der Waals surface area contributed by atoms with Crippen LogP contribution in [-0.4, -0.2) is 18.0 Å². The third-order valence-electron chi connectivity index (χ3n) is 3.12. The van der Waals surface area contributed by atoms with Gasteiger partial charge in [-0.25, -0.2) is 0 Å². The average molecular weight is 255 g/mol. The molecule has 0 bridgehead atoms. The smallest absolute Gasteiger partial charge is 0.287 e.